The van der Waals surface area contributed by atoms with Crippen LogP contribution in [0.25, 0.3) is 0 Å². The van der Waals surface area contributed by atoms with E-state index in [1.54, 1.807) is 0 Å². The summed E-state index contributed by atoms with van der Waals surface area (Å²) in [5, 5.41) is 0. The lowest BCUT2D eigenvalue weighted by atomic mass is 10.1. The molecule has 0 saturated heterocycles. The van der Waals surface area contributed by atoms with Gasteiger partial charge < -0.3 is 14.2 Å². The highest BCUT2D eigenvalue weighted by Crippen LogP contribution is 2.39. The van der Waals surface area contributed by atoms with Crippen LogP contribution in [0.5, 0.6) is 17.2 Å². The Hall–Kier alpha value is -1.82. The van der Waals surface area contributed by atoms with Crippen molar-refractivity contribution < 1.29 is 14.2 Å². The Morgan fingerprint density at radius 3 is 1.05 bits per heavy atom. The van der Waals surface area contributed by atoms with Crippen LogP contribution < -0.4 is 14.2 Å². The average molecular weight is 571 g/mol. The lowest BCUT2D eigenvalue weighted by Gasteiger charge is -2.18. The van der Waals surface area contributed by atoms with Gasteiger partial charge in [-0.05, 0) is 31.4 Å². The molecular weight excluding hydrogens is 504 g/mol. The lowest BCUT2D eigenvalue weighted by Crippen LogP contribution is -2.07. The van der Waals surface area contributed by atoms with Crippen LogP contribution in [0.1, 0.15) is 180 Å². The summed E-state index contributed by atoms with van der Waals surface area (Å²) >= 11 is 0. The van der Waals surface area contributed by atoms with Gasteiger partial charge in [-0.2, -0.15) is 0 Å². The van der Waals surface area contributed by atoms with Crippen LogP contribution in [0.3, 0.4) is 0 Å². The molecular formula is C38H66O3. The lowest BCUT2D eigenvalue weighted by molar-refractivity contribution is 0.234. The first-order chi connectivity index (χ1) is 20.3. The number of benzene rings is 1. The maximum absolute atomic E-state index is 6.36. The summed E-state index contributed by atoms with van der Waals surface area (Å²) in [6.45, 7) is 8.88. The first-order valence-corrected chi connectivity index (χ1v) is 17.8. The quantitative estimate of drug-likeness (QED) is 0.0680. The van der Waals surface area contributed by atoms with E-state index in [2.05, 4.69) is 26.7 Å². The van der Waals surface area contributed by atoms with E-state index in [0.29, 0.717) is 19.8 Å². The van der Waals surface area contributed by atoms with Gasteiger partial charge in [-0.1, -0.05) is 162 Å². The van der Waals surface area contributed by atoms with Gasteiger partial charge in [-0.25, -0.2) is 0 Å². The van der Waals surface area contributed by atoms with Crippen LogP contribution in [0, 0.1) is 12.3 Å². The summed E-state index contributed by atoms with van der Waals surface area (Å²) in [7, 11) is 0. The standard InChI is InChI=1S/C38H66O3/c1-5-9-12-15-18-21-24-27-30-39-36-33-35(8-4)34-37(40-31-28-25-22-19-16-13-10-6-2)38(36)41-32-29-26-23-20-17-14-11-7-3/h4,33-34H,5-7,9-32H2,1-3H3. The molecule has 236 valence electrons. The molecule has 0 aliphatic carbocycles. The van der Waals surface area contributed by atoms with E-state index in [4.69, 9.17) is 20.6 Å². The van der Waals surface area contributed by atoms with E-state index in [1.165, 1.54) is 135 Å². The first-order valence-electron chi connectivity index (χ1n) is 17.8. The number of ether oxygens (including phenoxy) is 3. The Morgan fingerprint density at radius 1 is 0.439 bits per heavy atom. The summed E-state index contributed by atoms with van der Waals surface area (Å²) in [5.41, 5.74) is 0.793. The van der Waals surface area contributed by atoms with Gasteiger partial charge in [0, 0.05) is 5.56 Å². The number of rotatable bonds is 30. The molecule has 0 radical (unpaired) electrons. The van der Waals surface area contributed by atoms with Crippen molar-refractivity contribution in [2.24, 2.45) is 0 Å². The van der Waals surface area contributed by atoms with Gasteiger partial charge in [0.15, 0.2) is 11.5 Å². The molecule has 3 nitrogen and oxygen atoms in total. The van der Waals surface area contributed by atoms with Crippen molar-refractivity contribution in [3.05, 3.63) is 17.7 Å². The summed E-state index contributed by atoms with van der Waals surface area (Å²) in [6, 6.07) is 3.91. The molecule has 1 rings (SSSR count). The third-order valence-electron chi connectivity index (χ3n) is 7.94. The van der Waals surface area contributed by atoms with Crippen molar-refractivity contribution in [2.75, 3.05) is 19.8 Å². The molecule has 0 spiro atoms. The number of hydrogen-bond donors (Lipinski definition) is 0. The SMILES string of the molecule is C#Cc1cc(OCCCCCCCCCC)c(OCCCCCCCCCC)c(OCCCCCCCCCC)c1. The van der Waals surface area contributed by atoms with Gasteiger partial charge in [0.2, 0.25) is 5.75 Å². The van der Waals surface area contributed by atoms with E-state index in [1.807, 2.05) is 12.1 Å². The predicted molar refractivity (Wildman–Crippen MR) is 179 cm³/mol. The Balaban J connectivity index is 2.61. The Kier molecular flexibility index (Phi) is 25.7. The van der Waals surface area contributed by atoms with Gasteiger partial charge in [0.1, 0.15) is 0 Å². The third-order valence-corrected chi connectivity index (χ3v) is 7.94. The van der Waals surface area contributed by atoms with Gasteiger partial charge in [-0.3, -0.25) is 0 Å². The Labute approximate surface area is 255 Å². The van der Waals surface area contributed by atoms with E-state index in [9.17, 15) is 0 Å². The van der Waals surface area contributed by atoms with E-state index < -0.39 is 0 Å². The number of hydrogen-bond acceptors (Lipinski definition) is 3. The molecule has 3 heteroatoms. The predicted octanol–water partition coefficient (Wildman–Crippen LogP) is 12.2. The van der Waals surface area contributed by atoms with Crippen molar-refractivity contribution in [1.29, 1.82) is 0 Å². The molecule has 0 amide bonds. The van der Waals surface area contributed by atoms with Crippen LogP contribution in [0.4, 0.5) is 0 Å². The zero-order chi connectivity index (χ0) is 29.6. The fourth-order valence-corrected chi connectivity index (χ4v) is 5.26. The average Bonchev–Trinajstić information content (AvgIpc) is 2.99. The number of unbranched alkanes of at least 4 members (excludes halogenated alkanes) is 21. The molecule has 0 aliphatic heterocycles. The molecule has 0 saturated carbocycles. The molecule has 0 heterocycles. The normalized spacial score (nSPS) is 11.0. The molecule has 0 unspecified atom stereocenters. The fraction of sp³-hybridized carbons (Fsp3) is 0.789. The van der Waals surface area contributed by atoms with Gasteiger partial charge in [-0.15, -0.1) is 6.42 Å². The van der Waals surface area contributed by atoms with Gasteiger partial charge in [0.25, 0.3) is 0 Å². The second kappa shape index (κ2) is 28.3. The largest absolute Gasteiger partial charge is 0.490 e. The van der Waals surface area contributed by atoms with Crippen molar-refractivity contribution in [3.63, 3.8) is 0 Å². The molecule has 1 aromatic rings. The minimum absolute atomic E-state index is 0.687. The molecule has 0 N–H and O–H groups in total. The molecule has 0 aromatic heterocycles. The second-order valence-electron chi connectivity index (χ2n) is 11.9. The monoisotopic (exact) mass is 571 g/mol. The van der Waals surface area contributed by atoms with E-state index in [0.717, 1.165) is 42.1 Å². The molecule has 0 atom stereocenters. The van der Waals surface area contributed by atoms with Gasteiger partial charge in [0.05, 0.1) is 19.8 Å². The van der Waals surface area contributed by atoms with Crippen LogP contribution in [-0.4, -0.2) is 19.8 Å². The van der Waals surface area contributed by atoms with E-state index in [-0.39, 0.29) is 0 Å². The van der Waals surface area contributed by atoms with Crippen LogP contribution in [0.15, 0.2) is 12.1 Å². The zero-order valence-electron chi connectivity index (χ0n) is 27.5. The summed E-state index contributed by atoms with van der Waals surface area (Å²) in [5.74, 6) is 5.02. The summed E-state index contributed by atoms with van der Waals surface area (Å²) in [4.78, 5) is 0. The summed E-state index contributed by atoms with van der Waals surface area (Å²) in [6.07, 6.45) is 36.6. The highest BCUT2D eigenvalue weighted by atomic mass is 16.5. The van der Waals surface area contributed by atoms with E-state index >= 15 is 0 Å². The first kappa shape index (κ1) is 37.2. The fourth-order valence-electron chi connectivity index (χ4n) is 5.26. The van der Waals surface area contributed by atoms with Crippen molar-refractivity contribution in [3.8, 4) is 29.6 Å². The molecule has 0 fully saturated rings. The van der Waals surface area contributed by atoms with Crippen LogP contribution >= 0.6 is 0 Å². The van der Waals surface area contributed by atoms with Gasteiger partial charge >= 0.3 is 0 Å². The van der Waals surface area contributed by atoms with Crippen molar-refractivity contribution in [1.82, 2.24) is 0 Å². The molecule has 1 aromatic carbocycles. The highest BCUT2D eigenvalue weighted by molar-refractivity contribution is 5.57. The van der Waals surface area contributed by atoms with Crippen molar-refractivity contribution in [2.45, 2.75) is 175 Å². The number of terminal acetylenes is 1. The maximum Gasteiger partial charge on any atom is 0.203 e. The minimum atomic E-state index is 0.687. The highest BCUT2D eigenvalue weighted by Gasteiger charge is 2.15. The molecule has 0 bridgehead atoms. The van der Waals surface area contributed by atoms with Crippen molar-refractivity contribution >= 4 is 0 Å². The van der Waals surface area contributed by atoms with Crippen LogP contribution in [-0.2, 0) is 0 Å². The second-order valence-corrected chi connectivity index (χ2v) is 11.9. The Bertz CT molecular complexity index is 707. The molecule has 0 aliphatic rings. The van der Waals surface area contributed by atoms with Crippen LogP contribution in [0.2, 0.25) is 0 Å². The minimum Gasteiger partial charge on any atom is -0.490 e. The smallest absolute Gasteiger partial charge is 0.203 e. The topological polar surface area (TPSA) is 27.7 Å². The molecule has 41 heavy (non-hydrogen) atoms. The maximum atomic E-state index is 6.36. The summed E-state index contributed by atoms with van der Waals surface area (Å²) < 4.78 is 18.9. The third kappa shape index (κ3) is 20.7. The Morgan fingerprint density at radius 2 is 0.732 bits per heavy atom. The zero-order valence-corrected chi connectivity index (χ0v) is 27.5.